The lowest BCUT2D eigenvalue weighted by Crippen LogP contribution is -2.12. The number of anilines is 1. The fourth-order valence-corrected chi connectivity index (χ4v) is 2.72. The predicted octanol–water partition coefficient (Wildman–Crippen LogP) is 3.93. The Morgan fingerprint density at radius 2 is 1.57 bits per heavy atom. The molecule has 2 aromatic carbocycles. The van der Waals surface area contributed by atoms with Gasteiger partial charge in [-0.1, -0.05) is 0 Å². The molecule has 3 aromatic rings. The van der Waals surface area contributed by atoms with Gasteiger partial charge in [-0.15, -0.1) is 0 Å². The molecule has 0 saturated heterocycles. The number of methoxy groups -OCH3 is 2. The van der Waals surface area contributed by atoms with Crippen molar-refractivity contribution in [1.82, 2.24) is 4.98 Å². The number of nitro groups is 1. The van der Waals surface area contributed by atoms with Gasteiger partial charge in [0.15, 0.2) is 0 Å². The lowest BCUT2D eigenvalue weighted by molar-refractivity contribution is -0.384. The highest BCUT2D eigenvalue weighted by Gasteiger charge is 2.16. The Morgan fingerprint density at radius 1 is 1.00 bits per heavy atom. The van der Waals surface area contributed by atoms with Crippen LogP contribution in [-0.2, 0) is 0 Å². The molecule has 0 unspecified atom stereocenters. The summed E-state index contributed by atoms with van der Waals surface area (Å²) < 4.78 is 11.0. The van der Waals surface area contributed by atoms with Crippen LogP contribution in [0.2, 0.25) is 0 Å². The van der Waals surface area contributed by atoms with Crippen molar-refractivity contribution in [1.29, 1.82) is 0 Å². The third kappa shape index (κ3) is 3.90. The molecule has 8 heteroatoms. The Labute approximate surface area is 160 Å². The van der Waals surface area contributed by atoms with Crippen LogP contribution >= 0.6 is 0 Å². The first-order valence-corrected chi connectivity index (χ1v) is 8.25. The molecular weight excluding hydrogens is 362 g/mol. The summed E-state index contributed by atoms with van der Waals surface area (Å²) in [6.45, 7) is 0. The van der Waals surface area contributed by atoms with E-state index >= 15 is 0 Å². The molecule has 142 valence electrons. The number of ether oxygens (including phenoxy) is 2. The molecule has 28 heavy (non-hydrogen) atoms. The molecule has 0 spiro atoms. The fourth-order valence-electron chi connectivity index (χ4n) is 2.72. The first kappa shape index (κ1) is 18.8. The van der Waals surface area contributed by atoms with Crippen LogP contribution in [0.4, 0.5) is 11.4 Å². The maximum atomic E-state index is 12.5. The van der Waals surface area contributed by atoms with Crippen LogP contribution in [0.25, 0.3) is 11.1 Å². The van der Waals surface area contributed by atoms with E-state index in [1.54, 1.807) is 24.5 Å². The summed E-state index contributed by atoms with van der Waals surface area (Å²) in [7, 11) is 3.06. The number of aromatic nitrogens is 1. The zero-order valence-electron chi connectivity index (χ0n) is 15.2. The van der Waals surface area contributed by atoms with Crippen molar-refractivity contribution in [3.63, 3.8) is 0 Å². The van der Waals surface area contributed by atoms with Gasteiger partial charge in [0.1, 0.15) is 11.5 Å². The molecule has 0 aliphatic heterocycles. The van der Waals surface area contributed by atoms with Gasteiger partial charge in [-0.05, 0) is 29.8 Å². The summed E-state index contributed by atoms with van der Waals surface area (Å²) in [5.41, 5.74) is 2.27. The number of nitro benzene ring substituents is 1. The summed E-state index contributed by atoms with van der Waals surface area (Å²) in [4.78, 5) is 26.7. The number of nitrogens with one attached hydrogen (secondary N) is 1. The average molecular weight is 379 g/mol. The van der Waals surface area contributed by atoms with Crippen molar-refractivity contribution in [3.8, 4) is 22.6 Å². The molecule has 1 N–H and O–H groups in total. The number of benzene rings is 2. The monoisotopic (exact) mass is 379 g/mol. The molecule has 1 heterocycles. The maximum absolute atomic E-state index is 12.5. The molecule has 1 amide bonds. The number of amides is 1. The number of non-ortho nitro benzene ring substituents is 1. The van der Waals surface area contributed by atoms with Crippen molar-refractivity contribution in [2.75, 3.05) is 19.5 Å². The molecule has 8 nitrogen and oxygen atoms in total. The van der Waals surface area contributed by atoms with Gasteiger partial charge in [-0.3, -0.25) is 19.9 Å². The highest BCUT2D eigenvalue weighted by atomic mass is 16.6. The minimum atomic E-state index is -0.519. The number of rotatable bonds is 6. The largest absolute Gasteiger partial charge is 0.496 e. The zero-order valence-corrected chi connectivity index (χ0v) is 15.2. The molecule has 0 saturated carbocycles. The highest BCUT2D eigenvalue weighted by molar-refractivity contribution is 6.05. The molecule has 0 radical (unpaired) electrons. The van der Waals surface area contributed by atoms with E-state index in [0.29, 0.717) is 22.7 Å². The highest BCUT2D eigenvalue weighted by Crippen LogP contribution is 2.40. The van der Waals surface area contributed by atoms with E-state index in [1.807, 2.05) is 12.1 Å². The van der Waals surface area contributed by atoms with E-state index in [9.17, 15) is 14.9 Å². The van der Waals surface area contributed by atoms with E-state index in [1.165, 1.54) is 38.5 Å². The predicted molar refractivity (Wildman–Crippen MR) is 104 cm³/mol. The SMILES string of the molecule is COc1cc(NC(=O)c2ccc([N+](=O)[O-])cc2)cc(OC)c1-c1ccncc1. The van der Waals surface area contributed by atoms with Crippen LogP contribution in [-0.4, -0.2) is 30.0 Å². The Kier molecular flexibility index (Phi) is 5.50. The second-order valence-corrected chi connectivity index (χ2v) is 5.75. The van der Waals surface area contributed by atoms with Gasteiger partial charge in [0.2, 0.25) is 0 Å². The Balaban J connectivity index is 1.92. The van der Waals surface area contributed by atoms with E-state index in [2.05, 4.69) is 10.3 Å². The van der Waals surface area contributed by atoms with Crippen LogP contribution in [0.5, 0.6) is 11.5 Å². The fraction of sp³-hybridized carbons (Fsp3) is 0.100. The van der Waals surface area contributed by atoms with Gasteiger partial charge in [0.05, 0.1) is 24.7 Å². The summed E-state index contributed by atoms with van der Waals surface area (Å²) in [6.07, 6.45) is 3.33. The van der Waals surface area contributed by atoms with Gasteiger partial charge in [-0.2, -0.15) is 0 Å². The van der Waals surface area contributed by atoms with Gasteiger partial charge in [0, 0.05) is 47.9 Å². The van der Waals surface area contributed by atoms with E-state index in [0.717, 1.165) is 11.1 Å². The molecule has 1 aromatic heterocycles. The van der Waals surface area contributed by atoms with Crippen molar-refractivity contribution in [2.24, 2.45) is 0 Å². The first-order valence-electron chi connectivity index (χ1n) is 8.25. The normalized spacial score (nSPS) is 10.2. The summed E-state index contributed by atoms with van der Waals surface area (Å²) >= 11 is 0. The number of nitrogens with zero attached hydrogens (tertiary/aromatic N) is 2. The minimum absolute atomic E-state index is 0.0819. The topological polar surface area (TPSA) is 104 Å². The second-order valence-electron chi connectivity index (χ2n) is 5.75. The molecule has 0 atom stereocenters. The lowest BCUT2D eigenvalue weighted by atomic mass is 10.0. The number of pyridine rings is 1. The van der Waals surface area contributed by atoms with Gasteiger partial charge in [0.25, 0.3) is 11.6 Å². The van der Waals surface area contributed by atoms with Crippen molar-refractivity contribution >= 4 is 17.3 Å². The van der Waals surface area contributed by atoms with Gasteiger partial charge in [-0.25, -0.2) is 0 Å². The number of hydrogen-bond acceptors (Lipinski definition) is 6. The number of carbonyl (C=O) groups is 1. The van der Waals surface area contributed by atoms with Crippen molar-refractivity contribution in [3.05, 3.63) is 76.6 Å². The maximum Gasteiger partial charge on any atom is 0.269 e. The van der Waals surface area contributed by atoms with Crippen molar-refractivity contribution in [2.45, 2.75) is 0 Å². The van der Waals surface area contributed by atoms with Crippen LogP contribution in [0, 0.1) is 10.1 Å². The Hall–Kier alpha value is -3.94. The lowest BCUT2D eigenvalue weighted by Gasteiger charge is -2.16. The van der Waals surface area contributed by atoms with Crippen LogP contribution in [0.3, 0.4) is 0 Å². The molecule has 0 fully saturated rings. The third-order valence-corrected chi connectivity index (χ3v) is 4.07. The molecular formula is C20H17N3O5. The summed E-state index contributed by atoms with van der Waals surface area (Å²) in [5.74, 6) is 0.629. The average Bonchev–Trinajstić information content (AvgIpc) is 2.73. The second kappa shape index (κ2) is 8.17. The molecule has 0 bridgehead atoms. The third-order valence-electron chi connectivity index (χ3n) is 4.07. The molecule has 3 rings (SSSR count). The molecule has 0 aliphatic carbocycles. The quantitative estimate of drug-likeness (QED) is 0.514. The van der Waals surface area contributed by atoms with Crippen LogP contribution < -0.4 is 14.8 Å². The smallest absolute Gasteiger partial charge is 0.269 e. The zero-order chi connectivity index (χ0) is 20.1. The van der Waals surface area contributed by atoms with Gasteiger partial charge >= 0.3 is 0 Å². The van der Waals surface area contributed by atoms with Crippen LogP contribution in [0.15, 0.2) is 60.9 Å². The first-order chi connectivity index (χ1) is 13.5. The number of carbonyl (C=O) groups excluding carboxylic acids is 1. The Bertz CT molecular complexity index is 979. The Morgan fingerprint density at radius 3 is 2.07 bits per heavy atom. The van der Waals surface area contributed by atoms with Crippen LogP contribution in [0.1, 0.15) is 10.4 Å². The summed E-state index contributed by atoms with van der Waals surface area (Å²) in [5, 5.41) is 13.5. The van der Waals surface area contributed by atoms with E-state index in [-0.39, 0.29) is 5.69 Å². The minimum Gasteiger partial charge on any atom is -0.496 e. The van der Waals surface area contributed by atoms with Gasteiger partial charge < -0.3 is 14.8 Å². The summed E-state index contributed by atoms with van der Waals surface area (Å²) in [6, 6.07) is 12.4. The number of hydrogen-bond donors (Lipinski definition) is 1. The molecule has 0 aliphatic rings. The van der Waals surface area contributed by atoms with Crippen molar-refractivity contribution < 1.29 is 19.2 Å². The van der Waals surface area contributed by atoms with E-state index in [4.69, 9.17) is 9.47 Å². The van der Waals surface area contributed by atoms with E-state index < -0.39 is 10.8 Å². The standard InChI is InChI=1S/C20H17N3O5/c1-27-17-11-15(12-18(28-2)19(17)13-7-9-21-10-8-13)22-20(24)14-3-5-16(6-4-14)23(25)26/h3-12H,1-2H3,(H,22,24).